The molecule has 0 aliphatic heterocycles. The van der Waals surface area contributed by atoms with E-state index in [2.05, 4.69) is 0 Å². The van der Waals surface area contributed by atoms with E-state index in [9.17, 15) is 13.6 Å². The molecule has 0 bridgehead atoms. The van der Waals surface area contributed by atoms with Crippen LogP contribution in [-0.4, -0.2) is 11.9 Å². The fraction of sp³-hybridized carbons (Fsp3) is 0.235. The van der Waals surface area contributed by atoms with Crippen molar-refractivity contribution in [1.82, 2.24) is 0 Å². The average Bonchev–Trinajstić information content (AvgIpc) is 2.47. The molecule has 4 heteroatoms. The maximum atomic E-state index is 13.6. The van der Waals surface area contributed by atoms with Gasteiger partial charge in [0.15, 0.2) is 6.10 Å². The van der Waals surface area contributed by atoms with Gasteiger partial charge in [0.05, 0.1) is 5.56 Å². The zero-order chi connectivity index (χ0) is 15.4. The Hall–Kier alpha value is -2.23. The predicted octanol–water partition coefficient (Wildman–Crippen LogP) is 4.18. The highest BCUT2D eigenvalue weighted by atomic mass is 19.1. The first-order valence-corrected chi connectivity index (χ1v) is 6.76. The highest BCUT2D eigenvalue weighted by molar-refractivity contribution is 5.99. The molecule has 2 rings (SSSR count). The van der Waals surface area contributed by atoms with E-state index >= 15 is 0 Å². The molecule has 110 valence electrons. The second-order valence-corrected chi connectivity index (χ2v) is 4.75. The fourth-order valence-electron chi connectivity index (χ4n) is 1.97. The molecule has 0 aliphatic carbocycles. The molecule has 0 heterocycles. The molecule has 21 heavy (non-hydrogen) atoms. The second kappa shape index (κ2) is 6.48. The molecule has 0 saturated heterocycles. The Balaban J connectivity index is 2.11. The van der Waals surface area contributed by atoms with Gasteiger partial charge in [-0.05, 0) is 43.2 Å². The highest BCUT2D eigenvalue weighted by Crippen LogP contribution is 2.18. The number of benzene rings is 2. The van der Waals surface area contributed by atoms with Gasteiger partial charge < -0.3 is 4.74 Å². The summed E-state index contributed by atoms with van der Waals surface area (Å²) in [6.07, 6.45) is 0.0627. The Morgan fingerprint density at radius 1 is 1.14 bits per heavy atom. The third kappa shape index (κ3) is 3.66. The number of hydrogen-bond donors (Lipinski definition) is 0. The fourth-order valence-corrected chi connectivity index (χ4v) is 1.97. The van der Waals surface area contributed by atoms with Gasteiger partial charge in [0.25, 0.3) is 0 Å². The van der Waals surface area contributed by atoms with Gasteiger partial charge in [-0.25, -0.2) is 8.78 Å². The van der Waals surface area contributed by atoms with Gasteiger partial charge >= 0.3 is 0 Å². The Kier molecular flexibility index (Phi) is 4.68. The van der Waals surface area contributed by atoms with Crippen LogP contribution >= 0.6 is 0 Å². The maximum Gasteiger partial charge on any atom is 0.205 e. The summed E-state index contributed by atoms with van der Waals surface area (Å²) in [7, 11) is 0. The van der Waals surface area contributed by atoms with Crippen molar-refractivity contribution in [2.45, 2.75) is 26.4 Å². The summed E-state index contributed by atoms with van der Waals surface area (Å²) in [6, 6.07) is 10.2. The minimum Gasteiger partial charge on any atom is -0.483 e. The normalized spacial score (nSPS) is 12.0. The van der Waals surface area contributed by atoms with Gasteiger partial charge in [0, 0.05) is 6.07 Å². The van der Waals surface area contributed by atoms with Crippen molar-refractivity contribution in [3.8, 4) is 5.75 Å². The standard InChI is InChI=1S/C17H16F2O2/c1-3-12-4-7-14(8-5-12)21-11(2)17(20)15-9-6-13(18)10-16(15)19/h4-11H,3H2,1-2H3. The van der Waals surface area contributed by atoms with Crippen LogP contribution in [0, 0.1) is 11.6 Å². The molecular weight excluding hydrogens is 274 g/mol. The van der Waals surface area contributed by atoms with Crippen LogP contribution in [0.3, 0.4) is 0 Å². The Bertz CT molecular complexity index is 636. The summed E-state index contributed by atoms with van der Waals surface area (Å²) >= 11 is 0. The van der Waals surface area contributed by atoms with Crippen LogP contribution in [-0.2, 0) is 6.42 Å². The first kappa shape index (κ1) is 15.2. The van der Waals surface area contributed by atoms with Crippen LogP contribution in [0.25, 0.3) is 0 Å². The number of hydrogen-bond acceptors (Lipinski definition) is 2. The lowest BCUT2D eigenvalue weighted by Gasteiger charge is -2.14. The van der Waals surface area contributed by atoms with Crippen LogP contribution in [0.15, 0.2) is 42.5 Å². The number of Topliss-reactive ketones (excluding diaryl/α,β-unsaturated/α-hetero) is 1. The Labute approximate surface area is 122 Å². The van der Waals surface area contributed by atoms with E-state index in [1.807, 2.05) is 19.1 Å². The van der Waals surface area contributed by atoms with Gasteiger partial charge in [0.2, 0.25) is 5.78 Å². The zero-order valence-corrected chi connectivity index (χ0v) is 11.9. The van der Waals surface area contributed by atoms with E-state index in [0.717, 1.165) is 24.1 Å². The largest absolute Gasteiger partial charge is 0.483 e. The van der Waals surface area contributed by atoms with Crippen LogP contribution < -0.4 is 4.74 Å². The first-order valence-electron chi connectivity index (χ1n) is 6.76. The molecule has 2 nitrogen and oxygen atoms in total. The number of ether oxygens (including phenoxy) is 1. The van der Waals surface area contributed by atoms with Gasteiger partial charge in [-0.2, -0.15) is 0 Å². The van der Waals surface area contributed by atoms with Gasteiger partial charge in [-0.1, -0.05) is 19.1 Å². The molecule has 0 amide bonds. The summed E-state index contributed by atoms with van der Waals surface area (Å²) in [5.41, 5.74) is 0.986. The molecule has 0 saturated carbocycles. The van der Waals surface area contributed by atoms with Gasteiger partial charge in [0.1, 0.15) is 17.4 Å². The van der Waals surface area contributed by atoms with E-state index in [1.165, 1.54) is 0 Å². The van der Waals surface area contributed by atoms with E-state index in [-0.39, 0.29) is 5.56 Å². The highest BCUT2D eigenvalue weighted by Gasteiger charge is 2.20. The average molecular weight is 290 g/mol. The summed E-state index contributed by atoms with van der Waals surface area (Å²) in [5, 5.41) is 0. The van der Waals surface area contributed by atoms with E-state index in [0.29, 0.717) is 11.8 Å². The SMILES string of the molecule is CCc1ccc(OC(C)C(=O)c2ccc(F)cc2F)cc1. The number of carbonyl (C=O) groups excluding carboxylic acids is 1. The molecule has 0 fully saturated rings. The number of aryl methyl sites for hydroxylation is 1. The Morgan fingerprint density at radius 2 is 1.81 bits per heavy atom. The number of carbonyl (C=O) groups is 1. The second-order valence-electron chi connectivity index (χ2n) is 4.75. The smallest absolute Gasteiger partial charge is 0.205 e. The summed E-state index contributed by atoms with van der Waals surface area (Å²) in [4.78, 5) is 12.1. The van der Waals surface area contributed by atoms with Crippen molar-refractivity contribution < 1.29 is 18.3 Å². The summed E-state index contributed by atoms with van der Waals surface area (Å²) < 4.78 is 31.9. The van der Waals surface area contributed by atoms with Crippen molar-refractivity contribution in [2.24, 2.45) is 0 Å². The van der Waals surface area contributed by atoms with Crippen molar-refractivity contribution in [1.29, 1.82) is 0 Å². The quantitative estimate of drug-likeness (QED) is 0.772. The van der Waals surface area contributed by atoms with E-state index in [4.69, 9.17) is 4.74 Å². The minimum absolute atomic E-state index is 0.172. The van der Waals surface area contributed by atoms with Gasteiger partial charge in [-0.15, -0.1) is 0 Å². The molecule has 0 aromatic heterocycles. The topological polar surface area (TPSA) is 26.3 Å². The summed E-state index contributed by atoms with van der Waals surface area (Å²) in [5.74, 6) is -1.58. The van der Waals surface area contributed by atoms with Crippen molar-refractivity contribution >= 4 is 5.78 Å². The monoisotopic (exact) mass is 290 g/mol. The number of ketones is 1. The van der Waals surface area contributed by atoms with E-state index < -0.39 is 23.5 Å². The van der Waals surface area contributed by atoms with Crippen LogP contribution in [0.2, 0.25) is 0 Å². The molecule has 2 aromatic rings. The number of halogens is 2. The van der Waals surface area contributed by atoms with E-state index in [1.54, 1.807) is 19.1 Å². The predicted molar refractivity (Wildman–Crippen MR) is 76.6 cm³/mol. The van der Waals surface area contributed by atoms with Crippen molar-refractivity contribution in [3.63, 3.8) is 0 Å². The third-order valence-corrected chi connectivity index (χ3v) is 3.21. The molecule has 1 atom stereocenters. The first-order chi connectivity index (χ1) is 10.0. The van der Waals surface area contributed by atoms with Crippen LogP contribution in [0.4, 0.5) is 8.78 Å². The van der Waals surface area contributed by atoms with Crippen molar-refractivity contribution in [2.75, 3.05) is 0 Å². The number of rotatable bonds is 5. The van der Waals surface area contributed by atoms with Gasteiger partial charge in [-0.3, -0.25) is 4.79 Å². The molecule has 0 radical (unpaired) electrons. The molecular formula is C17H16F2O2. The minimum atomic E-state index is -0.878. The lowest BCUT2D eigenvalue weighted by molar-refractivity contribution is 0.0813. The molecule has 2 aromatic carbocycles. The Morgan fingerprint density at radius 3 is 2.38 bits per heavy atom. The zero-order valence-electron chi connectivity index (χ0n) is 11.9. The molecule has 0 spiro atoms. The van der Waals surface area contributed by atoms with Crippen molar-refractivity contribution in [3.05, 3.63) is 65.2 Å². The maximum absolute atomic E-state index is 13.6. The lowest BCUT2D eigenvalue weighted by atomic mass is 10.1. The van der Waals surface area contributed by atoms with Crippen LogP contribution in [0.1, 0.15) is 29.8 Å². The third-order valence-electron chi connectivity index (χ3n) is 3.21. The lowest BCUT2D eigenvalue weighted by Crippen LogP contribution is -2.24. The molecule has 1 unspecified atom stereocenters. The molecule has 0 aliphatic rings. The molecule has 0 N–H and O–H groups in total. The summed E-state index contributed by atoms with van der Waals surface area (Å²) in [6.45, 7) is 3.58. The van der Waals surface area contributed by atoms with Crippen LogP contribution in [0.5, 0.6) is 5.75 Å².